The highest BCUT2D eigenvalue weighted by molar-refractivity contribution is 7.91. The molecule has 0 aliphatic carbocycles. The molecule has 3 heterocycles. The average Bonchev–Trinajstić information content (AvgIpc) is 3.42. The molecule has 154 valence electrons. The highest BCUT2D eigenvalue weighted by atomic mass is 32.2. The van der Waals surface area contributed by atoms with Gasteiger partial charge in [0.15, 0.2) is 9.84 Å². The van der Waals surface area contributed by atoms with Crippen molar-refractivity contribution in [3.63, 3.8) is 0 Å². The number of furan rings is 1. The Bertz CT molecular complexity index is 1070. The Labute approximate surface area is 170 Å². The van der Waals surface area contributed by atoms with Crippen LogP contribution in [-0.2, 0) is 27.6 Å². The molecule has 2 N–H and O–H groups in total. The minimum absolute atomic E-state index is 0.0936. The summed E-state index contributed by atoms with van der Waals surface area (Å²) in [6.07, 6.45) is 4.83. The van der Waals surface area contributed by atoms with Crippen molar-refractivity contribution in [3.05, 3.63) is 60.2 Å². The number of rotatable bonds is 8. The second-order valence-corrected chi connectivity index (χ2v) is 9.73. The van der Waals surface area contributed by atoms with Gasteiger partial charge in [-0.2, -0.15) is 0 Å². The first kappa shape index (κ1) is 19.7. The van der Waals surface area contributed by atoms with Crippen LogP contribution < -0.4 is 5.32 Å². The highest BCUT2D eigenvalue weighted by Crippen LogP contribution is 2.20. The molecule has 0 unspecified atom stereocenters. The van der Waals surface area contributed by atoms with Crippen LogP contribution >= 0.6 is 0 Å². The summed E-state index contributed by atoms with van der Waals surface area (Å²) in [6.45, 7) is 1.09. The molecule has 2 aromatic heterocycles. The van der Waals surface area contributed by atoms with Gasteiger partial charge in [0.05, 0.1) is 30.9 Å². The molecular weight excluding hydrogens is 390 g/mol. The smallest absolute Gasteiger partial charge is 0.234 e. The summed E-state index contributed by atoms with van der Waals surface area (Å²) >= 11 is 0. The molecule has 0 bridgehead atoms. The van der Waals surface area contributed by atoms with Crippen molar-refractivity contribution in [1.29, 1.82) is 0 Å². The number of aromatic amines is 1. The monoisotopic (exact) mass is 415 g/mol. The largest absolute Gasteiger partial charge is 0.468 e. The summed E-state index contributed by atoms with van der Waals surface area (Å²) in [6, 6.07) is 11.5. The summed E-state index contributed by atoms with van der Waals surface area (Å²) in [4.78, 5) is 17.7. The van der Waals surface area contributed by atoms with Crippen LogP contribution in [0, 0.1) is 0 Å². The molecule has 0 saturated carbocycles. The van der Waals surface area contributed by atoms with E-state index >= 15 is 0 Å². The summed E-state index contributed by atoms with van der Waals surface area (Å²) in [5.74, 6) is 0.881. The maximum atomic E-state index is 12.6. The van der Waals surface area contributed by atoms with Crippen molar-refractivity contribution < 1.29 is 17.6 Å². The van der Waals surface area contributed by atoms with E-state index in [0.717, 1.165) is 28.6 Å². The molecule has 1 saturated heterocycles. The standard InChI is InChI=1S/C21H25N3O4S/c25-21(22-9-7-16-12-23-20-6-2-1-5-19(16)20)14-24(13-18-4-3-10-28-18)17-8-11-29(26,27)15-17/h1-6,10,12,17,23H,7-9,11,13-15H2,(H,22,25)/t17-/m0/s1. The average molecular weight is 416 g/mol. The predicted octanol–water partition coefficient (Wildman–Crippen LogP) is 2.11. The number of aromatic nitrogens is 1. The molecule has 0 spiro atoms. The van der Waals surface area contributed by atoms with E-state index in [2.05, 4.69) is 16.4 Å². The van der Waals surface area contributed by atoms with Crippen LogP contribution in [0.4, 0.5) is 0 Å². The van der Waals surface area contributed by atoms with Crippen LogP contribution in [0.3, 0.4) is 0 Å². The lowest BCUT2D eigenvalue weighted by Gasteiger charge is -2.26. The molecule has 1 aliphatic rings. The summed E-state index contributed by atoms with van der Waals surface area (Å²) in [5.41, 5.74) is 2.25. The number of para-hydroxylation sites is 1. The molecule has 7 nitrogen and oxygen atoms in total. The van der Waals surface area contributed by atoms with E-state index in [-0.39, 0.29) is 30.0 Å². The van der Waals surface area contributed by atoms with Gasteiger partial charge in [-0.1, -0.05) is 18.2 Å². The van der Waals surface area contributed by atoms with Crippen molar-refractivity contribution in [3.8, 4) is 0 Å². The molecule has 8 heteroatoms. The third kappa shape index (κ3) is 4.89. The molecule has 1 fully saturated rings. The SMILES string of the molecule is O=C(CN(Cc1ccco1)[C@H]1CCS(=O)(=O)C1)NCCc1c[nH]c2ccccc12. The Kier molecular flexibility index (Phi) is 5.73. The van der Waals surface area contributed by atoms with Gasteiger partial charge in [-0.15, -0.1) is 0 Å². The van der Waals surface area contributed by atoms with E-state index < -0.39 is 9.84 Å². The molecule has 1 atom stereocenters. The summed E-state index contributed by atoms with van der Waals surface area (Å²) < 4.78 is 29.2. The normalized spacial score (nSPS) is 18.4. The van der Waals surface area contributed by atoms with Crippen LogP contribution in [0.25, 0.3) is 10.9 Å². The van der Waals surface area contributed by atoms with E-state index in [4.69, 9.17) is 4.42 Å². The molecular formula is C21H25N3O4S. The number of benzene rings is 1. The van der Waals surface area contributed by atoms with E-state index in [1.165, 1.54) is 0 Å². The Morgan fingerprint density at radius 3 is 2.86 bits per heavy atom. The number of nitrogens with zero attached hydrogens (tertiary/aromatic N) is 1. The van der Waals surface area contributed by atoms with Crippen molar-refractivity contribution in [2.24, 2.45) is 0 Å². The van der Waals surface area contributed by atoms with Gasteiger partial charge in [-0.05, 0) is 36.6 Å². The molecule has 1 aliphatic heterocycles. The lowest BCUT2D eigenvalue weighted by atomic mass is 10.1. The Hall–Kier alpha value is -2.58. The van der Waals surface area contributed by atoms with Gasteiger partial charge in [0.2, 0.25) is 5.91 Å². The zero-order chi connectivity index (χ0) is 20.3. The van der Waals surface area contributed by atoms with Crippen LogP contribution in [0.5, 0.6) is 0 Å². The second-order valence-electron chi connectivity index (χ2n) is 7.50. The maximum Gasteiger partial charge on any atom is 0.234 e. The van der Waals surface area contributed by atoms with Crippen molar-refractivity contribution >= 4 is 26.6 Å². The van der Waals surface area contributed by atoms with Crippen LogP contribution in [0.15, 0.2) is 53.3 Å². The summed E-state index contributed by atoms with van der Waals surface area (Å²) in [7, 11) is -3.03. The molecule has 0 radical (unpaired) electrons. The number of nitrogens with one attached hydrogen (secondary N) is 2. The minimum Gasteiger partial charge on any atom is -0.468 e. The minimum atomic E-state index is -3.03. The Morgan fingerprint density at radius 2 is 2.10 bits per heavy atom. The van der Waals surface area contributed by atoms with Crippen LogP contribution in [-0.4, -0.2) is 54.8 Å². The van der Waals surface area contributed by atoms with Crippen molar-refractivity contribution in [1.82, 2.24) is 15.2 Å². The lowest BCUT2D eigenvalue weighted by molar-refractivity contribution is -0.122. The Morgan fingerprint density at radius 1 is 1.24 bits per heavy atom. The topological polar surface area (TPSA) is 95.4 Å². The quantitative estimate of drug-likeness (QED) is 0.588. The first-order chi connectivity index (χ1) is 14.0. The first-order valence-corrected chi connectivity index (χ1v) is 11.6. The number of sulfone groups is 1. The number of carbonyl (C=O) groups excluding carboxylic acids is 1. The lowest BCUT2D eigenvalue weighted by Crippen LogP contribution is -2.43. The molecule has 3 aromatic rings. The van der Waals surface area contributed by atoms with Gasteiger partial charge < -0.3 is 14.7 Å². The van der Waals surface area contributed by atoms with Gasteiger partial charge in [-0.3, -0.25) is 9.69 Å². The second kappa shape index (κ2) is 8.42. The molecule has 1 aromatic carbocycles. The predicted molar refractivity (Wildman–Crippen MR) is 111 cm³/mol. The number of carbonyl (C=O) groups is 1. The molecule has 4 rings (SSSR count). The van der Waals surface area contributed by atoms with Crippen LogP contribution in [0.1, 0.15) is 17.7 Å². The first-order valence-electron chi connectivity index (χ1n) is 9.79. The number of amides is 1. The fourth-order valence-corrected chi connectivity index (χ4v) is 5.66. The van der Waals surface area contributed by atoms with Crippen molar-refractivity contribution in [2.75, 3.05) is 24.6 Å². The zero-order valence-corrected chi connectivity index (χ0v) is 17.0. The fourth-order valence-electron chi connectivity index (χ4n) is 3.90. The van der Waals surface area contributed by atoms with Gasteiger partial charge in [-0.25, -0.2) is 8.42 Å². The fraction of sp³-hybridized carbons (Fsp3) is 0.381. The van der Waals surface area contributed by atoms with E-state index in [1.807, 2.05) is 35.4 Å². The molecule has 1 amide bonds. The number of hydrogen-bond donors (Lipinski definition) is 2. The van der Waals surface area contributed by atoms with E-state index in [9.17, 15) is 13.2 Å². The number of hydrogen-bond acceptors (Lipinski definition) is 5. The summed E-state index contributed by atoms with van der Waals surface area (Å²) in [5, 5.41) is 4.13. The third-order valence-electron chi connectivity index (χ3n) is 5.40. The molecule has 29 heavy (non-hydrogen) atoms. The van der Waals surface area contributed by atoms with Gasteiger partial charge in [0.1, 0.15) is 5.76 Å². The Balaban J connectivity index is 1.34. The van der Waals surface area contributed by atoms with Gasteiger partial charge in [0, 0.05) is 29.7 Å². The highest BCUT2D eigenvalue weighted by Gasteiger charge is 2.33. The van der Waals surface area contributed by atoms with Crippen LogP contribution in [0.2, 0.25) is 0 Å². The van der Waals surface area contributed by atoms with Crippen molar-refractivity contribution in [2.45, 2.75) is 25.4 Å². The van der Waals surface area contributed by atoms with Gasteiger partial charge >= 0.3 is 0 Å². The maximum absolute atomic E-state index is 12.6. The van der Waals surface area contributed by atoms with Gasteiger partial charge in [0.25, 0.3) is 0 Å². The van der Waals surface area contributed by atoms with E-state index in [0.29, 0.717) is 19.5 Å². The number of H-pyrrole nitrogens is 1. The number of fused-ring (bicyclic) bond motifs is 1. The zero-order valence-electron chi connectivity index (χ0n) is 16.1. The van der Waals surface area contributed by atoms with E-state index in [1.54, 1.807) is 12.3 Å². The third-order valence-corrected chi connectivity index (χ3v) is 7.15.